The Hall–Kier alpha value is -3.95. The van der Waals surface area contributed by atoms with E-state index >= 15 is 0 Å². The number of aryl methyl sites for hydroxylation is 2. The van der Waals surface area contributed by atoms with E-state index in [1.807, 2.05) is 35.9 Å². The number of hydrogen-bond donors (Lipinski definition) is 0. The van der Waals surface area contributed by atoms with Gasteiger partial charge in [0.2, 0.25) is 0 Å². The third-order valence-electron chi connectivity index (χ3n) is 7.76. The van der Waals surface area contributed by atoms with E-state index in [9.17, 15) is 0 Å². The fourth-order valence-electron chi connectivity index (χ4n) is 5.48. The number of benzene rings is 4. The Morgan fingerprint density at radius 3 is 2.31 bits per heavy atom. The molecule has 7 aromatic rings. The van der Waals surface area contributed by atoms with Gasteiger partial charge in [0.25, 0.3) is 0 Å². The van der Waals surface area contributed by atoms with Crippen molar-refractivity contribution < 1.29 is 20.1 Å². The van der Waals surface area contributed by atoms with Crippen LogP contribution >= 0.6 is 11.3 Å². The topological polar surface area (TPSA) is 25.8 Å². The molecule has 0 atom stereocenters. The van der Waals surface area contributed by atoms with E-state index in [0.29, 0.717) is 5.92 Å². The Morgan fingerprint density at radius 1 is 0.756 bits per heavy atom. The molecule has 0 aliphatic heterocycles. The van der Waals surface area contributed by atoms with Crippen molar-refractivity contribution in [2.45, 2.75) is 40.5 Å². The number of nitrogens with zero attached hydrogens (tertiary/aromatic N) is 2. The van der Waals surface area contributed by atoms with Crippen LogP contribution in [0.2, 0.25) is 0 Å². The molecular formula is C41H36IrN2S-2. The van der Waals surface area contributed by atoms with Gasteiger partial charge in [-0.25, -0.2) is 0 Å². The van der Waals surface area contributed by atoms with Crippen molar-refractivity contribution in [2.24, 2.45) is 5.92 Å². The van der Waals surface area contributed by atoms with Crippen molar-refractivity contribution in [3.05, 3.63) is 155 Å². The van der Waals surface area contributed by atoms with Crippen molar-refractivity contribution >= 4 is 31.5 Å². The zero-order chi connectivity index (χ0) is 30.5. The molecule has 0 fully saturated rings. The number of pyridine rings is 2. The molecule has 3 heterocycles. The minimum absolute atomic E-state index is 0. The molecule has 0 bridgehead atoms. The van der Waals surface area contributed by atoms with E-state index in [2.05, 4.69) is 141 Å². The third-order valence-corrected chi connectivity index (χ3v) is 8.97. The van der Waals surface area contributed by atoms with Gasteiger partial charge < -0.3 is 9.97 Å². The molecule has 0 aliphatic carbocycles. The summed E-state index contributed by atoms with van der Waals surface area (Å²) >= 11 is 1.82. The largest absolute Gasteiger partial charge is 0.305 e. The molecule has 0 spiro atoms. The molecule has 2 nitrogen and oxygen atoms in total. The van der Waals surface area contributed by atoms with Crippen LogP contribution in [0, 0.1) is 31.9 Å². The quantitative estimate of drug-likeness (QED) is 0.157. The number of aromatic nitrogens is 2. The Balaban J connectivity index is 0.000000186. The predicted molar refractivity (Wildman–Crippen MR) is 187 cm³/mol. The Kier molecular flexibility index (Phi) is 10.7. The minimum atomic E-state index is 0. The first-order valence-electron chi connectivity index (χ1n) is 15.2. The van der Waals surface area contributed by atoms with Crippen LogP contribution < -0.4 is 0 Å². The van der Waals surface area contributed by atoms with E-state index in [4.69, 9.17) is 0 Å². The molecule has 1 radical (unpaired) electrons. The maximum Gasteiger partial charge on any atom is 0.0239 e. The summed E-state index contributed by atoms with van der Waals surface area (Å²) in [6.45, 7) is 8.71. The smallest absolute Gasteiger partial charge is 0.0239 e. The second-order valence-electron chi connectivity index (χ2n) is 11.8. The van der Waals surface area contributed by atoms with E-state index in [1.54, 1.807) is 0 Å². The van der Waals surface area contributed by atoms with E-state index in [-0.39, 0.29) is 20.1 Å². The molecule has 0 N–H and O–H groups in total. The fourth-order valence-corrected chi connectivity index (χ4v) is 6.69. The molecule has 0 saturated carbocycles. The van der Waals surface area contributed by atoms with Gasteiger partial charge in [0.05, 0.1) is 0 Å². The van der Waals surface area contributed by atoms with Crippen molar-refractivity contribution in [1.82, 2.24) is 9.97 Å². The van der Waals surface area contributed by atoms with Crippen LogP contribution in [0.5, 0.6) is 0 Å². The minimum Gasteiger partial charge on any atom is -0.305 e. The van der Waals surface area contributed by atoms with Gasteiger partial charge in [-0.05, 0) is 76.0 Å². The van der Waals surface area contributed by atoms with Crippen LogP contribution in [-0.4, -0.2) is 9.97 Å². The molecule has 0 amide bonds. The van der Waals surface area contributed by atoms with Crippen molar-refractivity contribution in [1.29, 1.82) is 0 Å². The first-order chi connectivity index (χ1) is 21.4. The van der Waals surface area contributed by atoms with Crippen molar-refractivity contribution in [3.63, 3.8) is 0 Å². The van der Waals surface area contributed by atoms with E-state index in [1.165, 1.54) is 48.0 Å². The van der Waals surface area contributed by atoms with Gasteiger partial charge in [0, 0.05) is 37.2 Å². The Labute approximate surface area is 284 Å². The van der Waals surface area contributed by atoms with Gasteiger partial charge in [-0.2, -0.15) is 11.3 Å². The van der Waals surface area contributed by atoms with Gasteiger partial charge in [0.15, 0.2) is 0 Å². The van der Waals surface area contributed by atoms with Gasteiger partial charge in [-0.1, -0.05) is 92.4 Å². The normalized spacial score (nSPS) is 10.9. The summed E-state index contributed by atoms with van der Waals surface area (Å²) in [7, 11) is 0. The van der Waals surface area contributed by atoms with Crippen LogP contribution in [0.4, 0.5) is 0 Å². The average molecular weight is 781 g/mol. The molecule has 45 heavy (non-hydrogen) atoms. The van der Waals surface area contributed by atoms with Crippen LogP contribution in [0.3, 0.4) is 0 Å². The van der Waals surface area contributed by atoms with Crippen LogP contribution in [0.25, 0.3) is 42.7 Å². The van der Waals surface area contributed by atoms with Gasteiger partial charge >= 0.3 is 0 Å². The molecule has 4 heteroatoms. The number of hydrogen-bond acceptors (Lipinski definition) is 3. The van der Waals surface area contributed by atoms with Crippen molar-refractivity contribution in [3.8, 4) is 22.5 Å². The van der Waals surface area contributed by atoms with E-state index in [0.717, 1.165) is 35.4 Å². The molecule has 0 unspecified atom stereocenters. The second kappa shape index (κ2) is 14.9. The maximum absolute atomic E-state index is 4.65. The zero-order valence-electron chi connectivity index (χ0n) is 26.1. The number of fused-ring (bicyclic) bond motifs is 3. The number of rotatable bonds is 6. The molecule has 0 aliphatic rings. The van der Waals surface area contributed by atoms with Gasteiger partial charge in [0.1, 0.15) is 0 Å². The maximum atomic E-state index is 4.65. The summed E-state index contributed by atoms with van der Waals surface area (Å²) < 4.78 is 2.57. The zero-order valence-corrected chi connectivity index (χ0v) is 29.3. The summed E-state index contributed by atoms with van der Waals surface area (Å²) in [6, 6.07) is 42.7. The van der Waals surface area contributed by atoms with Crippen LogP contribution in [-0.2, 0) is 32.9 Å². The summed E-state index contributed by atoms with van der Waals surface area (Å²) in [6.07, 6.45) is 5.93. The monoisotopic (exact) mass is 781 g/mol. The average Bonchev–Trinajstić information content (AvgIpc) is 3.42. The van der Waals surface area contributed by atoms with Crippen LogP contribution in [0.1, 0.15) is 41.7 Å². The second-order valence-corrected chi connectivity index (χ2v) is 12.8. The Morgan fingerprint density at radius 2 is 1.56 bits per heavy atom. The molecule has 0 saturated heterocycles. The van der Waals surface area contributed by atoms with Gasteiger partial charge in [-0.15, -0.1) is 59.2 Å². The standard InChI is InChI=1S/C24H16NS.C17H20N.Ir/c1-2-7-17(8-3-1)15-18-13-14-25-22(16-18)21-11-6-10-20-19-9-4-5-12-23(19)26-24(20)21;1-12(2)9-16-11-18-17(10-14(16)4)15-7-5-13(3)6-8-15;/h1-10,12-14,16H,15H2;5-7,10-12H,9H2,1-4H3;/q2*-1;. The summed E-state index contributed by atoms with van der Waals surface area (Å²) in [5, 5.41) is 2.60. The molecule has 4 aromatic carbocycles. The Bertz CT molecular complexity index is 2010. The predicted octanol–water partition coefficient (Wildman–Crippen LogP) is 10.9. The molecular weight excluding hydrogens is 745 g/mol. The summed E-state index contributed by atoms with van der Waals surface area (Å²) in [5.74, 6) is 0.669. The third kappa shape index (κ3) is 7.83. The first kappa shape index (κ1) is 32.4. The van der Waals surface area contributed by atoms with E-state index < -0.39 is 0 Å². The SMILES string of the molecule is Cc1c[c-]c(-c2cc(C)c(CC(C)C)cn2)cc1.[Ir].[c-]1ccc2c(sc3ccccc32)c1-c1cc(Cc2ccccc2)ccn1. The molecule has 227 valence electrons. The summed E-state index contributed by atoms with van der Waals surface area (Å²) in [4.78, 5) is 9.21. The number of thiophene rings is 1. The fraction of sp³-hybridized carbons (Fsp3) is 0.171. The van der Waals surface area contributed by atoms with Crippen molar-refractivity contribution in [2.75, 3.05) is 0 Å². The molecule has 3 aromatic heterocycles. The summed E-state index contributed by atoms with van der Waals surface area (Å²) in [5.41, 5.74) is 10.7. The van der Waals surface area contributed by atoms with Gasteiger partial charge in [-0.3, -0.25) is 0 Å². The molecule has 7 rings (SSSR count). The van der Waals surface area contributed by atoms with Crippen LogP contribution in [0.15, 0.2) is 116 Å². The first-order valence-corrected chi connectivity index (χ1v) is 16.0.